The van der Waals surface area contributed by atoms with Crippen molar-refractivity contribution in [3.05, 3.63) is 58.7 Å². The van der Waals surface area contributed by atoms with Crippen molar-refractivity contribution in [2.45, 2.75) is 13.3 Å². The molecule has 0 fully saturated rings. The Bertz CT molecular complexity index is 743. The summed E-state index contributed by atoms with van der Waals surface area (Å²) in [5.74, 6) is -2.03. The summed E-state index contributed by atoms with van der Waals surface area (Å²) in [6.45, 7) is 2.37. The van der Waals surface area contributed by atoms with Gasteiger partial charge in [0.05, 0.1) is 5.56 Å². The van der Waals surface area contributed by atoms with E-state index in [1.807, 2.05) is 13.0 Å². The van der Waals surface area contributed by atoms with Crippen molar-refractivity contribution in [1.82, 2.24) is 0 Å². The van der Waals surface area contributed by atoms with Crippen LogP contribution in [0.3, 0.4) is 0 Å². The number of hydrogen-bond acceptors (Lipinski definition) is 2. The van der Waals surface area contributed by atoms with E-state index in [1.165, 1.54) is 11.0 Å². The molecule has 0 radical (unpaired) electrons. The summed E-state index contributed by atoms with van der Waals surface area (Å²) in [7, 11) is 0. The number of carbonyl (C=O) groups is 1. The molecule has 5 heteroatoms. The van der Waals surface area contributed by atoms with Crippen LogP contribution in [-0.4, -0.2) is 12.5 Å². The second-order valence-electron chi connectivity index (χ2n) is 5.17. The fraction of sp³-hybridized carbons (Fsp3) is 0.188. The molecule has 1 heterocycles. The van der Waals surface area contributed by atoms with Crippen LogP contribution in [0.1, 0.15) is 21.5 Å². The highest BCUT2D eigenvalue weighted by atomic mass is 19.1. The number of anilines is 2. The molecular formula is C16H14F2N2O. The summed E-state index contributed by atoms with van der Waals surface area (Å²) < 4.78 is 26.7. The first kappa shape index (κ1) is 13.5. The highest BCUT2D eigenvalue weighted by molar-refractivity contribution is 6.07. The topological polar surface area (TPSA) is 46.3 Å². The summed E-state index contributed by atoms with van der Waals surface area (Å²) in [5, 5.41) is 0. The molecule has 21 heavy (non-hydrogen) atoms. The van der Waals surface area contributed by atoms with Gasteiger partial charge in [0.15, 0.2) is 0 Å². The molecule has 0 atom stereocenters. The Morgan fingerprint density at radius 3 is 2.71 bits per heavy atom. The minimum Gasteiger partial charge on any atom is -0.398 e. The minimum absolute atomic E-state index is 0.136. The average Bonchev–Trinajstić information content (AvgIpc) is 2.81. The van der Waals surface area contributed by atoms with Gasteiger partial charge in [0, 0.05) is 24.0 Å². The van der Waals surface area contributed by atoms with E-state index >= 15 is 0 Å². The van der Waals surface area contributed by atoms with E-state index in [4.69, 9.17) is 5.73 Å². The molecule has 0 spiro atoms. The van der Waals surface area contributed by atoms with Gasteiger partial charge in [-0.25, -0.2) is 8.78 Å². The predicted molar refractivity (Wildman–Crippen MR) is 77.3 cm³/mol. The molecule has 1 aliphatic heterocycles. The Labute approximate surface area is 121 Å². The summed E-state index contributed by atoms with van der Waals surface area (Å²) in [6.07, 6.45) is 0.699. The molecule has 1 aliphatic rings. The number of nitrogens with two attached hydrogens (primary N) is 1. The summed E-state index contributed by atoms with van der Waals surface area (Å²) in [4.78, 5) is 13.9. The quantitative estimate of drug-likeness (QED) is 0.820. The molecule has 0 aromatic heterocycles. The van der Waals surface area contributed by atoms with Gasteiger partial charge in [-0.3, -0.25) is 4.79 Å². The van der Waals surface area contributed by atoms with E-state index in [-0.39, 0.29) is 5.56 Å². The molecule has 0 bridgehead atoms. The second-order valence-corrected chi connectivity index (χ2v) is 5.17. The zero-order chi connectivity index (χ0) is 15.1. The molecule has 0 saturated carbocycles. The Morgan fingerprint density at radius 2 is 2.00 bits per heavy atom. The lowest BCUT2D eigenvalue weighted by Gasteiger charge is -2.18. The number of hydrogen-bond donors (Lipinski definition) is 1. The van der Waals surface area contributed by atoms with E-state index < -0.39 is 17.5 Å². The smallest absolute Gasteiger partial charge is 0.261 e. The lowest BCUT2D eigenvalue weighted by Crippen LogP contribution is -2.29. The normalized spacial score (nSPS) is 13.4. The third-order valence-electron chi connectivity index (χ3n) is 3.77. The van der Waals surface area contributed by atoms with Crippen molar-refractivity contribution < 1.29 is 13.6 Å². The van der Waals surface area contributed by atoms with Crippen molar-refractivity contribution in [2.24, 2.45) is 0 Å². The van der Waals surface area contributed by atoms with Crippen molar-refractivity contribution in [3.63, 3.8) is 0 Å². The second kappa shape index (κ2) is 4.84. The number of rotatable bonds is 1. The van der Waals surface area contributed by atoms with Crippen LogP contribution in [0.25, 0.3) is 0 Å². The van der Waals surface area contributed by atoms with Gasteiger partial charge < -0.3 is 10.6 Å². The maximum Gasteiger partial charge on any atom is 0.261 e. The fourth-order valence-electron chi connectivity index (χ4n) is 2.60. The van der Waals surface area contributed by atoms with E-state index in [9.17, 15) is 13.6 Å². The molecule has 2 N–H and O–H groups in total. The molecule has 2 aromatic carbocycles. The monoisotopic (exact) mass is 288 g/mol. The van der Waals surface area contributed by atoms with Crippen LogP contribution in [-0.2, 0) is 6.42 Å². The summed E-state index contributed by atoms with van der Waals surface area (Å²) in [6, 6.07) is 6.64. The highest BCUT2D eigenvalue weighted by Crippen LogP contribution is 2.33. The first-order chi connectivity index (χ1) is 9.97. The molecule has 0 saturated heterocycles. The van der Waals surface area contributed by atoms with Crippen molar-refractivity contribution in [3.8, 4) is 0 Å². The largest absolute Gasteiger partial charge is 0.398 e. The van der Waals surface area contributed by atoms with Gasteiger partial charge in [0.1, 0.15) is 11.6 Å². The van der Waals surface area contributed by atoms with E-state index in [0.717, 1.165) is 17.2 Å². The third-order valence-corrected chi connectivity index (χ3v) is 3.77. The van der Waals surface area contributed by atoms with Gasteiger partial charge in [-0.2, -0.15) is 0 Å². The summed E-state index contributed by atoms with van der Waals surface area (Å²) >= 11 is 0. The molecule has 3 rings (SSSR count). The van der Waals surface area contributed by atoms with Gasteiger partial charge >= 0.3 is 0 Å². The van der Waals surface area contributed by atoms with Crippen LogP contribution in [0.5, 0.6) is 0 Å². The molecule has 2 aromatic rings. The molecule has 3 nitrogen and oxygen atoms in total. The van der Waals surface area contributed by atoms with Crippen LogP contribution < -0.4 is 10.6 Å². The Morgan fingerprint density at radius 1 is 1.24 bits per heavy atom. The van der Waals surface area contributed by atoms with Gasteiger partial charge in [-0.05, 0) is 42.7 Å². The van der Waals surface area contributed by atoms with Crippen molar-refractivity contribution in [2.75, 3.05) is 17.2 Å². The van der Waals surface area contributed by atoms with Gasteiger partial charge in [-0.15, -0.1) is 0 Å². The molecule has 108 valence electrons. The SMILES string of the molecule is Cc1cc2c(cc1N)N(C(=O)c1ccc(F)cc1F)CC2. The zero-order valence-corrected chi connectivity index (χ0v) is 11.5. The van der Waals surface area contributed by atoms with Crippen LogP contribution >= 0.6 is 0 Å². The number of fused-ring (bicyclic) bond motifs is 1. The van der Waals surface area contributed by atoms with Crippen LogP contribution in [0, 0.1) is 18.6 Å². The van der Waals surface area contributed by atoms with Gasteiger partial charge in [0.25, 0.3) is 5.91 Å². The Balaban J connectivity index is 2.00. The lowest BCUT2D eigenvalue weighted by atomic mass is 10.1. The number of amides is 1. The number of nitrogens with zero attached hydrogens (tertiary/aromatic N) is 1. The van der Waals surface area contributed by atoms with Crippen LogP contribution in [0.4, 0.5) is 20.2 Å². The van der Waals surface area contributed by atoms with E-state index in [1.54, 1.807) is 6.07 Å². The number of carbonyl (C=O) groups excluding carboxylic acids is 1. The van der Waals surface area contributed by atoms with Crippen molar-refractivity contribution in [1.29, 1.82) is 0 Å². The van der Waals surface area contributed by atoms with Gasteiger partial charge in [-0.1, -0.05) is 6.07 Å². The van der Waals surface area contributed by atoms with Crippen LogP contribution in [0.2, 0.25) is 0 Å². The molecule has 0 unspecified atom stereocenters. The minimum atomic E-state index is -0.853. The number of aryl methyl sites for hydroxylation is 1. The Kier molecular flexibility index (Phi) is 3.12. The molecule has 0 aliphatic carbocycles. The van der Waals surface area contributed by atoms with Crippen molar-refractivity contribution >= 4 is 17.3 Å². The average molecular weight is 288 g/mol. The number of halogens is 2. The maximum atomic E-state index is 13.8. The zero-order valence-electron chi connectivity index (χ0n) is 11.5. The fourth-order valence-corrected chi connectivity index (χ4v) is 2.60. The number of benzene rings is 2. The Hall–Kier alpha value is -2.43. The van der Waals surface area contributed by atoms with Crippen LogP contribution in [0.15, 0.2) is 30.3 Å². The predicted octanol–water partition coefficient (Wildman–Crippen LogP) is 3.06. The number of nitrogen functional groups attached to an aromatic ring is 1. The first-order valence-corrected chi connectivity index (χ1v) is 6.63. The third kappa shape index (κ3) is 2.24. The summed E-state index contributed by atoms with van der Waals surface area (Å²) in [5.41, 5.74) is 9.00. The van der Waals surface area contributed by atoms with E-state index in [2.05, 4.69) is 0 Å². The first-order valence-electron chi connectivity index (χ1n) is 6.63. The maximum absolute atomic E-state index is 13.8. The highest BCUT2D eigenvalue weighted by Gasteiger charge is 2.28. The van der Waals surface area contributed by atoms with Gasteiger partial charge in [0.2, 0.25) is 0 Å². The molecular weight excluding hydrogens is 274 g/mol. The van der Waals surface area contributed by atoms with E-state index in [0.29, 0.717) is 30.4 Å². The lowest BCUT2D eigenvalue weighted by molar-refractivity contribution is 0.0985. The standard InChI is InChI=1S/C16H14F2N2O/c1-9-6-10-4-5-20(15(10)8-14(9)19)16(21)12-3-2-11(17)7-13(12)18/h2-3,6-8H,4-5,19H2,1H3. The molecule has 1 amide bonds.